The van der Waals surface area contributed by atoms with Crippen molar-refractivity contribution in [1.82, 2.24) is 0 Å². The van der Waals surface area contributed by atoms with Gasteiger partial charge in [0.15, 0.2) is 6.10 Å². The maximum atomic E-state index is 11.5. The molecular weight excluding hydrogens is 196 g/mol. The van der Waals surface area contributed by atoms with Crippen molar-refractivity contribution in [3.8, 4) is 0 Å². The number of hydrogen-bond donors (Lipinski definition) is 0. The molecular formula is C11H16O4. The van der Waals surface area contributed by atoms with Gasteiger partial charge in [0.2, 0.25) is 0 Å². The Balaban J connectivity index is 2.42. The first-order chi connectivity index (χ1) is 7.17. The second-order valence-corrected chi connectivity index (χ2v) is 3.52. The third-order valence-corrected chi connectivity index (χ3v) is 2.29. The van der Waals surface area contributed by atoms with Gasteiger partial charge in [-0.2, -0.15) is 0 Å². The van der Waals surface area contributed by atoms with Gasteiger partial charge in [-0.25, -0.2) is 4.79 Å². The van der Waals surface area contributed by atoms with Crippen molar-refractivity contribution in [2.24, 2.45) is 0 Å². The van der Waals surface area contributed by atoms with Crippen LogP contribution in [0.1, 0.15) is 32.6 Å². The minimum atomic E-state index is -0.508. The van der Waals surface area contributed by atoms with E-state index in [9.17, 15) is 9.59 Å². The van der Waals surface area contributed by atoms with E-state index in [-0.39, 0.29) is 12.2 Å². The number of carbonyl (C=O) groups is 2. The second kappa shape index (κ2) is 5.53. The van der Waals surface area contributed by atoms with Crippen LogP contribution in [-0.4, -0.2) is 25.0 Å². The molecule has 1 aliphatic heterocycles. The van der Waals surface area contributed by atoms with Gasteiger partial charge in [-0.05, 0) is 6.42 Å². The van der Waals surface area contributed by atoms with E-state index < -0.39 is 12.1 Å². The van der Waals surface area contributed by atoms with Crippen molar-refractivity contribution in [3.05, 3.63) is 11.8 Å². The summed E-state index contributed by atoms with van der Waals surface area (Å²) in [5.74, 6) is 0.129. The van der Waals surface area contributed by atoms with E-state index in [2.05, 4.69) is 0 Å². The molecule has 0 aromatic carbocycles. The minimum Gasteiger partial charge on any atom is -0.497 e. The van der Waals surface area contributed by atoms with Gasteiger partial charge in [-0.15, -0.1) is 0 Å². The van der Waals surface area contributed by atoms with Gasteiger partial charge >= 0.3 is 5.97 Å². The van der Waals surface area contributed by atoms with Gasteiger partial charge in [0.1, 0.15) is 11.5 Å². The summed E-state index contributed by atoms with van der Waals surface area (Å²) < 4.78 is 9.90. The molecule has 0 saturated heterocycles. The van der Waals surface area contributed by atoms with Crippen LogP contribution in [0.5, 0.6) is 0 Å². The van der Waals surface area contributed by atoms with Crippen LogP contribution in [0.2, 0.25) is 0 Å². The summed E-state index contributed by atoms with van der Waals surface area (Å²) in [7, 11) is 1.47. The first-order valence-electron chi connectivity index (χ1n) is 5.15. The molecule has 0 bridgehead atoms. The Morgan fingerprint density at radius 3 is 2.93 bits per heavy atom. The van der Waals surface area contributed by atoms with E-state index in [4.69, 9.17) is 9.47 Å². The van der Waals surface area contributed by atoms with Crippen molar-refractivity contribution in [2.75, 3.05) is 7.11 Å². The maximum absolute atomic E-state index is 11.5. The van der Waals surface area contributed by atoms with E-state index in [0.29, 0.717) is 12.2 Å². The summed E-state index contributed by atoms with van der Waals surface area (Å²) in [4.78, 5) is 22.4. The van der Waals surface area contributed by atoms with Gasteiger partial charge in [0.05, 0.1) is 19.6 Å². The number of esters is 1. The number of hydrogen-bond acceptors (Lipinski definition) is 4. The molecule has 1 heterocycles. The van der Waals surface area contributed by atoms with Crippen LogP contribution in [0.3, 0.4) is 0 Å². The number of unbranched alkanes of at least 4 members (excludes halogenated alkanes) is 1. The highest BCUT2D eigenvalue weighted by Crippen LogP contribution is 2.20. The van der Waals surface area contributed by atoms with Crippen LogP contribution < -0.4 is 0 Å². The standard InChI is InChI=1S/C11H16O4/c1-3-4-5-8(12)6-10-9(14-2)7-11(13)15-10/h7,10H,3-6H2,1-2H3/t10-/m0/s1. The number of ketones is 1. The molecule has 84 valence electrons. The van der Waals surface area contributed by atoms with Gasteiger partial charge in [0, 0.05) is 6.42 Å². The number of methoxy groups -OCH3 is 1. The Morgan fingerprint density at radius 1 is 1.60 bits per heavy atom. The molecule has 1 aliphatic rings. The smallest absolute Gasteiger partial charge is 0.335 e. The van der Waals surface area contributed by atoms with Gasteiger partial charge < -0.3 is 9.47 Å². The van der Waals surface area contributed by atoms with Crippen LogP contribution in [0, 0.1) is 0 Å². The normalized spacial score (nSPS) is 19.7. The lowest BCUT2D eigenvalue weighted by molar-refractivity contribution is -0.140. The number of rotatable bonds is 6. The monoisotopic (exact) mass is 212 g/mol. The predicted molar refractivity (Wildman–Crippen MR) is 54.1 cm³/mol. The van der Waals surface area contributed by atoms with Crippen LogP contribution >= 0.6 is 0 Å². The summed E-state index contributed by atoms with van der Waals surface area (Å²) in [6, 6.07) is 0. The average Bonchev–Trinajstić information content (AvgIpc) is 2.55. The van der Waals surface area contributed by atoms with Crippen molar-refractivity contribution in [2.45, 2.75) is 38.7 Å². The first kappa shape index (κ1) is 11.8. The second-order valence-electron chi connectivity index (χ2n) is 3.52. The fraction of sp³-hybridized carbons (Fsp3) is 0.636. The Morgan fingerprint density at radius 2 is 2.33 bits per heavy atom. The minimum absolute atomic E-state index is 0.111. The summed E-state index contributed by atoms with van der Waals surface area (Å²) in [6.45, 7) is 2.03. The summed E-state index contributed by atoms with van der Waals surface area (Å²) >= 11 is 0. The number of Topliss-reactive ketones (excluding diaryl/α,β-unsaturated/α-hetero) is 1. The highest BCUT2D eigenvalue weighted by Gasteiger charge is 2.28. The molecule has 0 aromatic rings. The quantitative estimate of drug-likeness (QED) is 0.627. The Kier molecular flexibility index (Phi) is 4.34. The number of ether oxygens (including phenoxy) is 2. The van der Waals surface area contributed by atoms with Crippen molar-refractivity contribution in [1.29, 1.82) is 0 Å². The number of cyclic esters (lactones) is 1. The molecule has 4 nitrogen and oxygen atoms in total. The predicted octanol–water partition coefficient (Wildman–Crippen LogP) is 1.59. The lowest BCUT2D eigenvalue weighted by atomic mass is 10.1. The molecule has 1 rings (SSSR count). The molecule has 0 unspecified atom stereocenters. The maximum Gasteiger partial charge on any atom is 0.335 e. The topological polar surface area (TPSA) is 52.6 Å². The summed E-state index contributed by atoms with van der Waals surface area (Å²) in [5.41, 5.74) is 0. The lowest BCUT2D eigenvalue weighted by Gasteiger charge is -2.11. The summed E-state index contributed by atoms with van der Waals surface area (Å²) in [5, 5.41) is 0. The van der Waals surface area contributed by atoms with Crippen molar-refractivity contribution >= 4 is 11.8 Å². The molecule has 4 heteroatoms. The molecule has 0 spiro atoms. The molecule has 0 radical (unpaired) electrons. The largest absolute Gasteiger partial charge is 0.497 e. The third kappa shape index (κ3) is 3.38. The van der Waals surface area contributed by atoms with E-state index in [0.717, 1.165) is 12.8 Å². The van der Waals surface area contributed by atoms with Gasteiger partial charge in [-0.3, -0.25) is 4.79 Å². The zero-order chi connectivity index (χ0) is 11.3. The van der Waals surface area contributed by atoms with Crippen LogP contribution in [-0.2, 0) is 19.1 Å². The molecule has 0 N–H and O–H groups in total. The molecule has 0 saturated carbocycles. The average molecular weight is 212 g/mol. The summed E-state index contributed by atoms with van der Waals surface area (Å²) in [6.07, 6.45) is 3.42. The third-order valence-electron chi connectivity index (χ3n) is 2.29. The van der Waals surface area contributed by atoms with Crippen LogP contribution in [0.4, 0.5) is 0 Å². The van der Waals surface area contributed by atoms with E-state index in [1.54, 1.807) is 0 Å². The van der Waals surface area contributed by atoms with Gasteiger partial charge in [0.25, 0.3) is 0 Å². The Bertz CT molecular complexity index is 280. The van der Waals surface area contributed by atoms with Crippen LogP contribution in [0.25, 0.3) is 0 Å². The zero-order valence-electron chi connectivity index (χ0n) is 9.12. The fourth-order valence-electron chi connectivity index (χ4n) is 1.46. The van der Waals surface area contributed by atoms with Crippen molar-refractivity contribution < 1.29 is 19.1 Å². The molecule has 0 fully saturated rings. The van der Waals surface area contributed by atoms with E-state index >= 15 is 0 Å². The van der Waals surface area contributed by atoms with Crippen LogP contribution in [0.15, 0.2) is 11.8 Å². The zero-order valence-corrected chi connectivity index (χ0v) is 9.12. The SMILES string of the molecule is CCCCC(=O)C[C@@H]1OC(=O)C=C1OC. The highest BCUT2D eigenvalue weighted by molar-refractivity contribution is 5.87. The molecule has 0 aliphatic carbocycles. The van der Waals surface area contributed by atoms with E-state index in [1.807, 2.05) is 6.92 Å². The Hall–Kier alpha value is -1.32. The molecule has 0 amide bonds. The van der Waals surface area contributed by atoms with Crippen molar-refractivity contribution in [3.63, 3.8) is 0 Å². The first-order valence-corrected chi connectivity index (χ1v) is 5.15. The molecule has 0 aromatic heterocycles. The molecule has 15 heavy (non-hydrogen) atoms. The fourth-order valence-corrected chi connectivity index (χ4v) is 1.46. The lowest BCUT2D eigenvalue weighted by Crippen LogP contribution is -2.17. The highest BCUT2D eigenvalue weighted by atomic mass is 16.6. The Labute approximate surface area is 89.2 Å². The van der Waals surface area contributed by atoms with Gasteiger partial charge in [-0.1, -0.05) is 13.3 Å². The number of carbonyl (C=O) groups excluding carboxylic acids is 2. The van der Waals surface area contributed by atoms with E-state index in [1.165, 1.54) is 13.2 Å². The molecule has 1 atom stereocenters.